The lowest BCUT2D eigenvalue weighted by Gasteiger charge is -2.31. The Labute approximate surface area is 131 Å². The van der Waals surface area contributed by atoms with E-state index < -0.39 is 0 Å². The van der Waals surface area contributed by atoms with E-state index in [2.05, 4.69) is 27.8 Å². The summed E-state index contributed by atoms with van der Waals surface area (Å²) in [5, 5.41) is 4.57. The summed E-state index contributed by atoms with van der Waals surface area (Å²) in [5.74, 6) is 0.777. The van der Waals surface area contributed by atoms with E-state index in [1.165, 1.54) is 0 Å². The number of nitrogens with two attached hydrogens (primary N) is 1. The molecule has 1 aromatic heterocycles. The van der Waals surface area contributed by atoms with Gasteiger partial charge >= 0.3 is 0 Å². The monoisotopic (exact) mass is 300 g/mol. The highest BCUT2D eigenvalue weighted by Gasteiger charge is 2.20. The maximum atomic E-state index is 5.94. The van der Waals surface area contributed by atoms with Crippen LogP contribution in [0.2, 0.25) is 0 Å². The molecule has 0 spiro atoms. The van der Waals surface area contributed by atoms with Gasteiger partial charge < -0.3 is 15.4 Å². The molecule has 1 aliphatic heterocycles. The molecule has 1 aliphatic rings. The van der Waals surface area contributed by atoms with E-state index in [0.29, 0.717) is 11.7 Å². The number of anilines is 1. The summed E-state index contributed by atoms with van der Waals surface area (Å²) in [7, 11) is 1.66. The second kappa shape index (κ2) is 6.40. The first kappa shape index (κ1) is 14.9. The van der Waals surface area contributed by atoms with E-state index in [4.69, 9.17) is 10.5 Å². The molecule has 1 saturated heterocycles. The van der Waals surface area contributed by atoms with Gasteiger partial charge in [-0.15, -0.1) is 0 Å². The molecule has 5 heteroatoms. The summed E-state index contributed by atoms with van der Waals surface area (Å²) in [5.41, 5.74) is 8.78. The van der Waals surface area contributed by atoms with Crippen LogP contribution in [0.5, 0.6) is 5.75 Å². The molecule has 0 atom stereocenters. The van der Waals surface area contributed by atoms with Crippen LogP contribution in [0.1, 0.15) is 25.8 Å². The number of ether oxygens (including phenoxy) is 1. The van der Waals surface area contributed by atoms with Crippen molar-refractivity contribution in [3.05, 3.63) is 30.6 Å². The van der Waals surface area contributed by atoms with Crippen molar-refractivity contribution in [2.24, 2.45) is 0 Å². The molecule has 22 heavy (non-hydrogen) atoms. The van der Waals surface area contributed by atoms with Gasteiger partial charge in [0.2, 0.25) is 0 Å². The third-order valence-electron chi connectivity index (χ3n) is 4.48. The zero-order valence-electron chi connectivity index (χ0n) is 13.3. The van der Waals surface area contributed by atoms with Crippen LogP contribution in [0, 0.1) is 0 Å². The summed E-state index contributed by atoms with van der Waals surface area (Å²) >= 11 is 0. The highest BCUT2D eigenvalue weighted by Crippen LogP contribution is 2.29. The summed E-state index contributed by atoms with van der Waals surface area (Å²) in [4.78, 5) is 2.49. The predicted octanol–water partition coefficient (Wildman–Crippen LogP) is 2.80. The first-order valence-corrected chi connectivity index (χ1v) is 7.91. The van der Waals surface area contributed by atoms with Gasteiger partial charge in [0, 0.05) is 36.6 Å². The van der Waals surface area contributed by atoms with Gasteiger partial charge in [0.15, 0.2) is 0 Å². The Morgan fingerprint density at radius 3 is 2.68 bits per heavy atom. The van der Waals surface area contributed by atoms with Crippen LogP contribution in [0.25, 0.3) is 11.1 Å². The van der Waals surface area contributed by atoms with Crippen molar-refractivity contribution in [2.45, 2.75) is 25.8 Å². The standard InChI is InChI=1S/C17H24N4O/c1-3-20-6-4-16(5-7-20)21-12-14(11-19-21)13-8-15(18)10-17(9-13)22-2/h8-12,16H,3-7,18H2,1-2H3. The van der Waals surface area contributed by atoms with E-state index in [1.54, 1.807) is 7.11 Å². The van der Waals surface area contributed by atoms with Crippen molar-refractivity contribution in [3.63, 3.8) is 0 Å². The van der Waals surface area contributed by atoms with Crippen molar-refractivity contribution >= 4 is 5.69 Å². The average Bonchev–Trinajstić information content (AvgIpc) is 3.04. The first-order chi connectivity index (χ1) is 10.7. The zero-order chi connectivity index (χ0) is 15.5. The number of hydrogen-bond acceptors (Lipinski definition) is 4. The van der Waals surface area contributed by atoms with Crippen molar-refractivity contribution in [3.8, 4) is 16.9 Å². The molecule has 2 aromatic rings. The van der Waals surface area contributed by atoms with Crippen molar-refractivity contribution in [1.29, 1.82) is 0 Å². The van der Waals surface area contributed by atoms with Gasteiger partial charge in [-0.2, -0.15) is 5.10 Å². The van der Waals surface area contributed by atoms with Gasteiger partial charge in [-0.05, 0) is 37.1 Å². The minimum absolute atomic E-state index is 0.500. The summed E-state index contributed by atoms with van der Waals surface area (Å²) in [6.07, 6.45) is 6.37. The van der Waals surface area contributed by atoms with Gasteiger partial charge in [0.1, 0.15) is 5.75 Å². The van der Waals surface area contributed by atoms with E-state index >= 15 is 0 Å². The number of nitrogens with zero attached hydrogens (tertiary/aromatic N) is 3. The van der Waals surface area contributed by atoms with Gasteiger partial charge in [0.25, 0.3) is 0 Å². The molecular weight excluding hydrogens is 276 g/mol. The zero-order valence-corrected chi connectivity index (χ0v) is 13.3. The smallest absolute Gasteiger partial charge is 0.121 e. The largest absolute Gasteiger partial charge is 0.497 e. The molecule has 0 saturated carbocycles. The Kier molecular flexibility index (Phi) is 4.34. The van der Waals surface area contributed by atoms with Crippen molar-refractivity contribution in [1.82, 2.24) is 14.7 Å². The highest BCUT2D eigenvalue weighted by atomic mass is 16.5. The van der Waals surface area contributed by atoms with Gasteiger partial charge in [0.05, 0.1) is 19.3 Å². The molecule has 118 valence electrons. The first-order valence-electron chi connectivity index (χ1n) is 7.91. The molecule has 0 radical (unpaired) electrons. The number of rotatable bonds is 4. The molecule has 2 N–H and O–H groups in total. The van der Waals surface area contributed by atoms with E-state index in [1.807, 2.05) is 24.4 Å². The maximum absolute atomic E-state index is 5.94. The minimum Gasteiger partial charge on any atom is -0.497 e. The van der Waals surface area contributed by atoms with Gasteiger partial charge in [-0.25, -0.2) is 0 Å². The SMILES string of the molecule is CCN1CCC(n2cc(-c3cc(N)cc(OC)c3)cn2)CC1. The third kappa shape index (κ3) is 3.09. The number of benzene rings is 1. The number of hydrogen-bond donors (Lipinski definition) is 1. The number of aromatic nitrogens is 2. The molecule has 1 fully saturated rings. The quantitative estimate of drug-likeness (QED) is 0.882. The fourth-order valence-corrected chi connectivity index (χ4v) is 3.09. The van der Waals surface area contributed by atoms with Crippen LogP contribution in [0.3, 0.4) is 0 Å². The summed E-state index contributed by atoms with van der Waals surface area (Å²) in [6, 6.07) is 6.29. The predicted molar refractivity (Wildman–Crippen MR) is 89.0 cm³/mol. The Hall–Kier alpha value is -2.01. The summed E-state index contributed by atoms with van der Waals surface area (Å²) < 4.78 is 7.40. The van der Waals surface area contributed by atoms with Crippen molar-refractivity contribution in [2.75, 3.05) is 32.5 Å². The van der Waals surface area contributed by atoms with Gasteiger partial charge in [-0.3, -0.25) is 4.68 Å². The Morgan fingerprint density at radius 1 is 1.23 bits per heavy atom. The Morgan fingerprint density at radius 2 is 2.00 bits per heavy atom. The molecule has 0 bridgehead atoms. The lowest BCUT2D eigenvalue weighted by Crippen LogP contribution is -2.34. The number of likely N-dealkylation sites (tertiary alicyclic amines) is 1. The molecular formula is C17H24N4O. The summed E-state index contributed by atoms with van der Waals surface area (Å²) in [6.45, 7) is 5.67. The minimum atomic E-state index is 0.500. The second-order valence-corrected chi connectivity index (χ2v) is 5.87. The lowest BCUT2D eigenvalue weighted by molar-refractivity contribution is 0.187. The molecule has 0 aliphatic carbocycles. The number of piperidine rings is 1. The van der Waals surface area contributed by atoms with Crippen LogP contribution in [0.4, 0.5) is 5.69 Å². The Balaban J connectivity index is 1.78. The Bertz CT molecular complexity index is 629. The van der Waals surface area contributed by atoms with Crippen molar-refractivity contribution < 1.29 is 4.74 Å². The lowest BCUT2D eigenvalue weighted by atomic mass is 10.1. The number of nitrogen functional groups attached to an aromatic ring is 1. The van der Waals surface area contributed by atoms with Crippen LogP contribution in [0.15, 0.2) is 30.6 Å². The molecule has 2 heterocycles. The van der Waals surface area contributed by atoms with Crippen LogP contribution in [-0.2, 0) is 0 Å². The fourth-order valence-electron chi connectivity index (χ4n) is 3.09. The molecule has 3 rings (SSSR count). The van der Waals surface area contributed by atoms with Crippen LogP contribution < -0.4 is 10.5 Å². The van der Waals surface area contributed by atoms with E-state index in [-0.39, 0.29) is 0 Å². The topological polar surface area (TPSA) is 56.3 Å². The molecule has 1 aromatic carbocycles. The third-order valence-corrected chi connectivity index (χ3v) is 4.48. The van der Waals surface area contributed by atoms with E-state index in [0.717, 1.165) is 49.4 Å². The molecule has 0 unspecified atom stereocenters. The number of methoxy groups -OCH3 is 1. The normalized spacial score (nSPS) is 16.8. The van der Waals surface area contributed by atoms with Crippen LogP contribution in [-0.4, -0.2) is 41.4 Å². The van der Waals surface area contributed by atoms with Gasteiger partial charge in [-0.1, -0.05) is 6.92 Å². The molecule has 5 nitrogen and oxygen atoms in total. The average molecular weight is 300 g/mol. The maximum Gasteiger partial charge on any atom is 0.121 e. The van der Waals surface area contributed by atoms with Crippen LogP contribution >= 0.6 is 0 Å². The fraction of sp³-hybridized carbons (Fsp3) is 0.471. The molecule has 0 amide bonds. The van der Waals surface area contributed by atoms with E-state index in [9.17, 15) is 0 Å². The second-order valence-electron chi connectivity index (χ2n) is 5.87. The highest BCUT2D eigenvalue weighted by molar-refractivity contribution is 5.68.